The van der Waals surface area contributed by atoms with Crippen molar-refractivity contribution in [3.8, 4) is 11.5 Å². The predicted molar refractivity (Wildman–Crippen MR) is 116 cm³/mol. The first-order chi connectivity index (χ1) is 13.8. The van der Waals surface area contributed by atoms with Gasteiger partial charge in [-0.1, -0.05) is 31.5 Å². The van der Waals surface area contributed by atoms with E-state index in [1.807, 2.05) is 25.1 Å². The van der Waals surface area contributed by atoms with E-state index in [0.29, 0.717) is 22.4 Å². The number of hydrogen-bond donors (Lipinski definition) is 2. The van der Waals surface area contributed by atoms with E-state index in [-0.39, 0.29) is 13.2 Å². The standard InChI is InChI=1S/C21H24BrClN2O4/c1-4-13(2)15-5-8-19(17(22)10-15)29-12-21(27)25-24-20(26)11-28-16-6-7-18(23)14(3)9-16/h5-10,13H,4,11-12H2,1-3H3,(H,24,26)(H,25,27). The summed E-state index contributed by atoms with van der Waals surface area (Å²) >= 11 is 9.40. The van der Waals surface area contributed by atoms with E-state index in [1.165, 1.54) is 5.56 Å². The van der Waals surface area contributed by atoms with Crippen molar-refractivity contribution in [1.82, 2.24) is 10.9 Å². The van der Waals surface area contributed by atoms with Crippen LogP contribution in [0.15, 0.2) is 40.9 Å². The van der Waals surface area contributed by atoms with Gasteiger partial charge in [-0.05, 0) is 76.7 Å². The van der Waals surface area contributed by atoms with Gasteiger partial charge in [-0.2, -0.15) is 0 Å². The summed E-state index contributed by atoms with van der Waals surface area (Å²) in [7, 11) is 0. The third-order valence-electron chi connectivity index (χ3n) is 4.34. The van der Waals surface area contributed by atoms with Crippen molar-refractivity contribution in [1.29, 1.82) is 0 Å². The lowest BCUT2D eigenvalue weighted by Gasteiger charge is -2.13. The number of carbonyl (C=O) groups is 2. The highest BCUT2D eigenvalue weighted by Gasteiger charge is 2.10. The van der Waals surface area contributed by atoms with Gasteiger partial charge in [0.1, 0.15) is 11.5 Å². The van der Waals surface area contributed by atoms with Crippen LogP contribution in [0.3, 0.4) is 0 Å². The van der Waals surface area contributed by atoms with Crippen LogP contribution in [0.1, 0.15) is 37.3 Å². The second-order valence-corrected chi connectivity index (χ2v) is 7.85. The summed E-state index contributed by atoms with van der Waals surface area (Å²) in [6.07, 6.45) is 1.04. The average Bonchev–Trinajstić information content (AvgIpc) is 2.71. The summed E-state index contributed by atoms with van der Waals surface area (Å²) in [5.41, 5.74) is 6.61. The van der Waals surface area contributed by atoms with E-state index in [2.05, 4.69) is 40.6 Å². The van der Waals surface area contributed by atoms with Gasteiger partial charge >= 0.3 is 0 Å². The Bertz CT molecular complexity index is 876. The highest BCUT2D eigenvalue weighted by molar-refractivity contribution is 9.10. The summed E-state index contributed by atoms with van der Waals surface area (Å²) < 4.78 is 11.6. The SMILES string of the molecule is CCC(C)c1ccc(OCC(=O)NNC(=O)COc2ccc(Cl)c(C)c2)c(Br)c1. The van der Waals surface area contributed by atoms with Crippen LogP contribution in [0, 0.1) is 6.92 Å². The fraction of sp³-hybridized carbons (Fsp3) is 0.333. The molecule has 6 nitrogen and oxygen atoms in total. The van der Waals surface area contributed by atoms with Crippen molar-refractivity contribution in [2.45, 2.75) is 33.1 Å². The molecule has 0 saturated carbocycles. The lowest BCUT2D eigenvalue weighted by Crippen LogP contribution is -2.45. The molecular weight excluding hydrogens is 460 g/mol. The van der Waals surface area contributed by atoms with Gasteiger partial charge in [-0.25, -0.2) is 0 Å². The largest absolute Gasteiger partial charge is 0.484 e. The zero-order valence-electron chi connectivity index (χ0n) is 16.6. The molecule has 0 saturated heterocycles. The van der Waals surface area contributed by atoms with Gasteiger partial charge in [0.25, 0.3) is 11.8 Å². The Balaban J connectivity index is 1.73. The number of halogens is 2. The van der Waals surface area contributed by atoms with E-state index in [1.54, 1.807) is 18.2 Å². The quantitative estimate of drug-likeness (QED) is 0.541. The molecule has 1 atom stereocenters. The molecule has 2 N–H and O–H groups in total. The summed E-state index contributed by atoms with van der Waals surface area (Å²) in [5, 5.41) is 0.621. The van der Waals surface area contributed by atoms with Crippen LogP contribution in [-0.2, 0) is 9.59 Å². The first-order valence-electron chi connectivity index (χ1n) is 9.19. The van der Waals surface area contributed by atoms with E-state index >= 15 is 0 Å². The molecule has 1 unspecified atom stereocenters. The molecule has 8 heteroatoms. The minimum absolute atomic E-state index is 0.237. The summed E-state index contributed by atoms with van der Waals surface area (Å²) in [6, 6.07) is 10.9. The monoisotopic (exact) mass is 482 g/mol. The van der Waals surface area contributed by atoms with Gasteiger partial charge in [0.2, 0.25) is 0 Å². The number of amides is 2. The zero-order valence-corrected chi connectivity index (χ0v) is 18.9. The van der Waals surface area contributed by atoms with Crippen LogP contribution < -0.4 is 20.3 Å². The maximum atomic E-state index is 11.9. The first kappa shape index (κ1) is 23.0. The van der Waals surface area contributed by atoms with Crippen molar-refractivity contribution < 1.29 is 19.1 Å². The third-order valence-corrected chi connectivity index (χ3v) is 5.38. The minimum Gasteiger partial charge on any atom is -0.484 e. The molecule has 0 spiro atoms. The van der Waals surface area contributed by atoms with E-state index < -0.39 is 11.8 Å². The van der Waals surface area contributed by atoms with E-state index in [9.17, 15) is 9.59 Å². The molecule has 29 heavy (non-hydrogen) atoms. The number of nitrogens with one attached hydrogen (secondary N) is 2. The van der Waals surface area contributed by atoms with Gasteiger partial charge in [-0.15, -0.1) is 0 Å². The lowest BCUT2D eigenvalue weighted by molar-refractivity contribution is -0.131. The van der Waals surface area contributed by atoms with E-state index in [4.69, 9.17) is 21.1 Å². The summed E-state index contributed by atoms with van der Waals surface area (Å²) in [4.78, 5) is 23.7. The zero-order chi connectivity index (χ0) is 21.4. The smallest absolute Gasteiger partial charge is 0.276 e. The molecule has 0 aliphatic rings. The number of ether oxygens (including phenoxy) is 2. The number of rotatable bonds is 8. The molecule has 0 radical (unpaired) electrons. The van der Waals surface area contributed by atoms with Crippen LogP contribution in [0.4, 0.5) is 0 Å². The molecule has 0 aromatic heterocycles. The average molecular weight is 484 g/mol. The third kappa shape index (κ3) is 7.25. The topological polar surface area (TPSA) is 76.7 Å². The van der Waals surface area contributed by atoms with Crippen molar-refractivity contribution in [3.63, 3.8) is 0 Å². The number of hydrazine groups is 1. The number of hydrogen-bond acceptors (Lipinski definition) is 4. The van der Waals surface area contributed by atoms with Gasteiger partial charge < -0.3 is 9.47 Å². The second kappa shape index (κ2) is 11.1. The van der Waals surface area contributed by atoms with Crippen LogP contribution in [0.25, 0.3) is 0 Å². The molecule has 0 heterocycles. The number of carbonyl (C=O) groups excluding carboxylic acids is 2. The molecule has 2 amide bonds. The molecule has 2 aromatic rings. The maximum Gasteiger partial charge on any atom is 0.276 e. The maximum absolute atomic E-state index is 11.9. The Labute approximate surface area is 184 Å². The van der Waals surface area contributed by atoms with Crippen LogP contribution >= 0.6 is 27.5 Å². The van der Waals surface area contributed by atoms with Gasteiger partial charge in [0, 0.05) is 5.02 Å². The predicted octanol–water partition coefficient (Wildman–Crippen LogP) is 4.53. The molecule has 156 valence electrons. The minimum atomic E-state index is -0.495. The molecule has 2 rings (SSSR count). The van der Waals surface area contributed by atoms with Gasteiger partial charge in [-0.3, -0.25) is 20.4 Å². The fourth-order valence-electron chi connectivity index (χ4n) is 2.39. The van der Waals surface area contributed by atoms with Crippen molar-refractivity contribution in [2.75, 3.05) is 13.2 Å². The van der Waals surface area contributed by atoms with Gasteiger partial charge in [0.15, 0.2) is 13.2 Å². The fourth-order valence-corrected chi connectivity index (χ4v) is 3.02. The summed E-state index contributed by atoms with van der Waals surface area (Å²) in [5.74, 6) is 0.531. The first-order valence-corrected chi connectivity index (χ1v) is 10.4. The molecule has 0 fully saturated rings. The second-order valence-electron chi connectivity index (χ2n) is 6.58. The highest BCUT2D eigenvalue weighted by Crippen LogP contribution is 2.30. The Hall–Kier alpha value is -2.25. The van der Waals surface area contributed by atoms with E-state index in [0.717, 1.165) is 16.5 Å². The Morgan fingerprint density at radius 2 is 1.72 bits per heavy atom. The Kier molecular flexibility index (Phi) is 8.79. The van der Waals surface area contributed by atoms with Crippen LogP contribution in [0.2, 0.25) is 5.02 Å². The molecule has 0 aliphatic carbocycles. The van der Waals surface area contributed by atoms with Crippen molar-refractivity contribution in [2.24, 2.45) is 0 Å². The van der Waals surface area contributed by atoms with Crippen LogP contribution in [0.5, 0.6) is 11.5 Å². The van der Waals surface area contributed by atoms with Gasteiger partial charge in [0.05, 0.1) is 4.47 Å². The molecule has 0 bridgehead atoms. The number of benzene rings is 2. The lowest BCUT2D eigenvalue weighted by atomic mass is 9.99. The molecule has 2 aromatic carbocycles. The highest BCUT2D eigenvalue weighted by atomic mass is 79.9. The molecule has 0 aliphatic heterocycles. The Morgan fingerprint density at radius 1 is 1.07 bits per heavy atom. The normalized spacial score (nSPS) is 11.5. The summed E-state index contributed by atoms with van der Waals surface area (Å²) in [6.45, 7) is 5.63. The molecular formula is C21H24BrClN2O4. The Morgan fingerprint density at radius 3 is 2.31 bits per heavy atom. The van der Waals surface area contributed by atoms with Crippen molar-refractivity contribution in [3.05, 3.63) is 57.0 Å². The van der Waals surface area contributed by atoms with Crippen molar-refractivity contribution >= 4 is 39.3 Å². The number of aryl methyl sites for hydroxylation is 1. The van der Waals surface area contributed by atoms with Crippen LogP contribution in [-0.4, -0.2) is 25.0 Å².